The molecule has 0 saturated carbocycles. The Balaban J connectivity index is 2.36. The molecule has 1 rings (SSSR count). The highest BCUT2D eigenvalue weighted by molar-refractivity contribution is 8.23. The summed E-state index contributed by atoms with van der Waals surface area (Å²) in [5, 5.41) is 3.52. The van der Waals surface area contributed by atoms with Gasteiger partial charge in [0.15, 0.2) is 9.84 Å². The summed E-state index contributed by atoms with van der Waals surface area (Å²) in [5.41, 5.74) is 0. The van der Waals surface area contributed by atoms with Crippen LogP contribution < -0.4 is 5.32 Å². The van der Waals surface area contributed by atoms with Gasteiger partial charge in [-0.05, 0) is 6.42 Å². The van der Waals surface area contributed by atoms with E-state index in [-0.39, 0.29) is 11.8 Å². The van der Waals surface area contributed by atoms with Crippen LogP contribution in [0.2, 0.25) is 0 Å². The minimum absolute atomic E-state index is 0.0266. The standard InChI is InChI=1S/C8H15NO2S3/c1-6(2)13-8(12)9-7-3-4-14(10,11)5-7/h6-7H,3-5H2,1-2H3,(H,9,12)/t7-/m1/s1. The SMILES string of the molecule is CC(C)SC(=S)N[C@@H]1CCS(=O)(=O)C1. The molecule has 1 atom stereocenters. The Morgan fingerprint density at radius 1 is 1.57 bits per heavy atom. The molecule has 1 saturated heterocycles. The molecule has 1 aliphatic heterocycles. The second kappa shape index (κ2) is 4.81. The molecule has 0 aromatic carbocycles. The average molecular weight is 253 g/mol. The molecular formula is C8H15NO2S3. The Morgan fingerprint density at radius 2 is 2.21 bits per heavy atom. The van der Waals surface area contributed by atoms with Crippen LogP contribution in [0.1, 0.15) is 20.3 Å². The van der Waals surface area contributed by atoms with Crippen LogP contribution in [0.4, 0.5) is 0 Å². The lowest BCUT2D eigenvalue weighted by molar-refractivity contribution is 0.600. The Kier molecular flexibility index (Phi) is 4.21. The van der Waals surface area contributed by atoms with Crippen LogP contribution >= 0.6 is 24.0 Å². The van der Waals surface area contributed by atoms with Crippen molar-refractivity contribution in [3.05, 3.63) is 0 Å². The molecule has 1 aliphatic rings. The van der Waals surface area contributed by atoms with E-state index in [1.165, 1.54) is 0 Å². The second-order valence-electron chi connectivity index (χ2n) is 3.70. The van der Waals surface area contributed by atoms with Crippen molar-refractivity contribution in [1.82, 2.24) is 5.32 Å². The molecule has 6 heteroatoms. The molecule has 0 unspecified atom stereocenters. The first kappa shape index (κ1) is 12.3. The maximum Gasteiger partial charge on any atom is 0.152 e. The Hall–Kier alpha value is 0.190. The molecule has 0 aromatic rings. The van der Waals surface area contributed by atoms with Gasteiger partial charge in [0, 0.05) is 11.3 Å². The molecule has 3 nitrogen and oxygen atoms in total. The summed E-state index contributed by atoms with van der Waals surface area (Å²) >= 11 is 6.67. The van der Waals surface area contributed by atoms with Gasteiger partial charge in [0.1, 0.15) is 4.32 Å². The van der Waals surface area contributed by atoms with Crippen molar-refractivity contribution in [1.29, 1.82) is 0 Å². The van der Waals surface area contributed by atoms with Gasteiger partial charge in [0.2, 0.25) is 0 Å². The molecule has 1 heterocycles. The maximum atomic E-state index is 11.2. The molecule has 1 N–H and O–H groups in total. The highest BCUT2D eigenvalue weighted by Crippen LogP contribution is 2.15. The van der Waals surface area contributed by atoms with Crippen molar-refractivity contribution in [2.45, 2.75) is 31.6 Å². The average Bonchev–Trinajstić information content (AvgIpc) is 2.27. The van der Waals surface area contributed by atoms with E-state index in [0.717, 1.165) is 0 Å². The van der Waals surface area contributed by atoms with E-state index in [4.69, 9.17) is 12.2 Å². The Bertz CT molecular complexity index is 311. The molecule has 0 spiro atoms. The normalized spacial score (nSPS) is 25.2. The fourth-order valence-electron chi connectivity index (χ4n) is 1.32. The third-order valence-corrected chi connectivity index (χ3v) is 4.87. The number of nitrogens with one attached hydrogen (secondary N) is 1. The molecule has 82 valence electrons. The van der Waals surface area contributed by atoms with E-state index >= 15 is 0 Å². The Morgan fingerprint density at radius 3 is 2.64 bits per heavy atom. The zero-order chi connectivity index (χ0) is 10.8. The van der Waals surface area contributed by atoms with Crippen LogP contribution in [0.3, 0.4) is 0 Å². The highest BCUT2D eigenvalue weighted by atomic mass is 32.2. The molecule has 0 bridgehead atoms. The molecule has 0 aliphatic carbocycles. The quantitative estimate of drug-likeness (QED) is 0.749. The van der Waals surface area contributed by atoms with Crippen LogP contribution in [0, 0.1) is 0 Å². The molecule has 0 amide bonds. The number of hydrogen-bond acceptors (Lipinski definition) is 4. The van der Waals surface area contributed by atoms with Crippen molar-refractivity contribution >= 4 is 38.1 Å². The lowest BCUT2D eigenvalue weighted by Crippen LogP contribution is -2.33. The van der Waals surface area contributed by atoms with E-state index < -0.39 is 9.84 Å². The second-order valence-corrected chi connectivity index (χ2v) is 8.18. The van der Waals surface area contributed by atoms with Gasteiger partial charge < -0.3 is 5.32 Å². The summed E-state index contributed by atoms with van der Waals surface area (Å²) in [6.07, 6.45) is 0.682. The lowest BCUT2D eigenvalue weighted by Gasteiger charge is -2.13. The lowest BCUT2D eigenvalue weighted by atomic mass is 10.3. The zero-order valence-corrected chi connectivity index (χ0v) is 10.8. The van der Waals surface area contributed by atoms with Gasteiger partial charge in [-0.3, -0.25) is 0 Å². The number of thioether (sulfide) groups is 1. The first-order chi connectivity index (χ1) is 6.39. The van der Waals surface area contributed by atoms with Crippen LogP contribution in [0.25, 0.3) is 0 Å². The maximum absolute atomic E-state index is 11.2. The molecular weight excluding hydrogens is 238 g/mol. The fourth-order valence-corrected chi connectivity index (χ4v) is 4.40. The third-order valence-electron chi connectivity index (χ3n) is 1.90. The molecule has 0 aromatic heterocycles. The smallest absolute Gasteiger partial charge is 0.152 e. The van der Waals surface area contributed by atoms with Gasteiger partial charge in [-0.25, -0.2) is 8.42 Å². The summed E-state index contributed by atoms with van der Waals surface area (Å²) in [6.45, 7) is 4.12. The van der Waals surface area contributed by atoms with Crippen LogP contribution in [-0.2, 0) is 9.84 Å². The highest BCUT2D eigenvalue weighted by Gasteiger charge is 2.28. The van der Waals surface area contributed by atoms with Crippen LogP contribution in [0.5, 0.6) is 0 Å². The van der Waals surface area contributed by atoms with Crippen molar-refractivity contribution in [2.24, 2.45) is 0 Å². The Labute approximate surface area is 94.9 Å². The summed E-state index contributed by atoms with van der Waals surface area (Å²) in [6, 6.07) is 0.0266. The van der Waals surface area contributed by atoms with E-state index in [9.17, 15) is 8.42 Å². The van der Waals surface area contributed by atoms with Crippen molar-refractivity contribution in [2.75, 3.05) is 11.5 Å². The minimum Gasteiger partial charge on any atom is -0.367 e. The first-order valence-electron chi connectivity index (χ1n) is 4.56. The van der Waals surface area contributed by atoms with Crippen LogP contribution in [0.15, 0.2) is 0 Å². The summed E-state index contributed by atoms with van der Waals surface area (Å²) in [5.74, 6) is 0.519. The van der Waals surface area contributed by atoms with Gasteiger partial charge in [-0.1, -0.05) is 37.8 Å². The van der Waals surface area contributed by atoms with Gasteiger partial charge in [0.25, 0.3) is 0 Å². The van der Waals surface area contributed by atoms with E-state index in [1.54, 1.807) is 11.8 Å². The fraction of sp³-hybridized carbons (Fsp3) is 0.875. The minimum atomic E-state index is -2.80. The zero-order valence-electron chi connectivity index (χ0n) is 8.32. The number of sulfone groups is 1. The van der Waals surface area contributed by atoms with E-state index in [1.807, 2.05) is 0 Å². The summed E-state index contributed by atoms with van der Waals surface area (Å²) < 4.78 is 23.0. The topological polar surface area (TPSA) is 46.2 Å². The number of thiocarbonyl (C=S) groups is 1. The van der Waals surface area contributed by atoms with E-state index in [2.05, 4.69) is 19.2 Å². The van der Waals surface area contributed by atoms with Crippen molar-refractivity contribution in [3.8, 4) is 0 Å². The summed E-state index contributed by atoms with van der Waals surface area (Å²) in [4.78, 5) is 0. The predicted octanol–water partition coefficient (Wildman–Crippen LogP) is 1.19. The monoisotopic (exact) mass is 253 g/mol. The molecule has 14 heavy (non-hydrogen) atoms. The van der Waals surface area contributed by atoms with Gasteiger partial charge in [-0.15, -0.1) is 0 Å². The largest absolute Gasteiger partial charge is 0.367 e. The number of hydrogen-bond donors (Lipinski definition) is 1. The van der Waals surface area contributed by atoms with Gasteiger partial charge in [0.05, 0.1) is 11.5 Å². The predicted molar refractivity (Wildman–Crippen MR) is 65.5 cm³/mol. The van der Waals surface area contributed by atoms with Crippen LogP contribution in [-0.4, -0.2) is 35.5 Å². The van der Waals surface area contributed by atoms with E-state index in [0.29, 0.717) is 21.7 Å². The van der Waals surface area contributed by atoms with Crippen molar-refractivity contribution in [3.63, 3.8) is 0 Å². The molecule has 0 radical (unpaired) electrons. The van der Waals surface area contributed by atoms with Gasteiger partial charge >= 0.3 is 0 Å². The first-order valence-corrected chi connectivity index (χ1v) is 7.67. The van der Waals surface area contributed by atoms with Crippen molar-refractivity contribution < 1.29 is 8.42 Å². The molecule has 1 fully saturated rings. The van der Waals surface area contributed by atoms with Gasteiger partial charge in [-0.2, -0.15) is 0 Å². The summed E-state index contributed by atoms with van der Waals surface area (Å²) in [7, 11) is -2.80. The number of rotatable bonds is 2. The third kappa shape index (κ3) is 4.14.